The third-order valence-corrected chi connectivity index (χ3v) is 5.67. The van der Waals surface area contributed by atoms with Crippen molar-refractivity contribution in [1.29, 1.82) is 0 Å². The lowest BCUT2D eigenvalue weighted by atomic mass is 10.1. The Hall–Kier alpha value is -3.54. The quantitative estimate of drug-likeness (QED) is 0.374. The molecular formula is C27H33N3O3. The smallest absolute Gasteiger partial charge is 0.254 e. The molecule has 0 saturated heterocycles. The van der Waals surface area contributed by atoms with Crippen LogP contribution in [0.4, 0.5) is 0 Å². The predicted molar refractivity (Wildman–Crippen MR) is 130 cm³/mol. The fourth-order valence-corrected chi connectivity index (χ4v) is 3.70. The van der Waals surface area contributed by atoms with Crippen molar-refractivity contribution < 1.29 is 14.0 Å². The molecule has 0 aliphatic rings. The van der Waals surface area contributed by atoms with Crippen molar-refractivity contribution in [3.05, 3.63) is 96.2 Å². The highest BCUT2D eigenvalue weighted by molar-refractivity contribution is 5.96. The molecule has 174 valence electrons. The van der Waals surface area contributed by atoms with Gasteiger partial charge in [-0.25, -0.2) is 0 Å². The summed E-state index contributed by atoms with van der Waals surface area (Å²) < 4.78 is 7.46. The van der Waals surface area contributed by atoms with Gasteiger partial charge in [-0.05, 0) is 54.8 Å². The second-order valence-corrected chi connectivity index (χ2v) is 8.21. The SMILES string of the molecule is C=CCN(CC(=O)N(Cc1ccco1)Cc1cccn1C)C(=O)c1ccc(CCCC)cc1. The molecule has 2 heterocycles. The lowest BCUT2D eigenvalue weighted by Crippen LogP contribution is -2.42. The first-order valence-electron chi connectivity index (χ1n) is 11.4. The molecule has 33 heavy (non-hydrogen) atoms. The molecule has 1 aromatic carbocycles. The van der Waals surface area contributed by atoms with Gasteiger partial charge in [0.15, 0.2) is 0 Å². The van der Waals surface area contributed by atoms with Crippen molar-refractivity contribution in [2.24, 2.45) is 7.05 Å². The molecule has 2 aromatic heterocycles. The Morgan fingerprint density at radius 3 is 2.45 bits per heavy atom. The number of aryl methyl sites for hydroxylation is 2. The molecule has 3 rings (SSSR count). The van der Waals surface area contributed by atoms with Gasteiger partial charge in [0, 0.05) is 31.0 Å². The van der Waals surface area contributed by atoms with Crippen LogP contribution in [-0.4, -0.2) is 39.3 Å². The van der Waals surface area contributed by atoms with Gasteiger partial charge in [-0.3, -0.25) is 9.59 Å². The van der Waals surface area contributed by atoms with Crippen LogP contribution in [0.1, 0.15) is 47.1 Å². The number of aromatic nitrogens is 1. The molecule has 0 aliphatic carbocycles. The Bertz CT molecular complexity index is 1040. The summed E-state index contributed by atoms with van der Waals surface area (Å²) >= 11 is 0. The van der Waals surface area contributed by atoms with E-state index in [1.54, 1.807) is 23.3 Å². The number of hydrogen-bond donors (Lipinski definition) is 0. The van der Waals surface area contributed by atoms with E-state index in [2.05, 4.69) is 13.5 Å². The minimum Gasteiger partial charge on any atom is -0.467 e. The second-order valence-electron chi connectivity index (χ2n) is 8.21. The fourth-order valence-electron chi connectivity index (χ4n) is 3.70. The number of unbranched alkanes of at least 4 members (excludes halogenated alkanes) is 1. The van der Waals surface area contributed by atoms with E-state index >= 15 is 0 Å². The molecule has 0 atom stereocenters. The monoisotopic (exact) mass is 447 g/mol. The van der Waals surface area contributed by atoms with Gasteiger partial charge in [0.05, 0.1) is 19.4 Å². The molecule has 6 heteroatoms. The number of furan rings is 1. The van der Waals surface area contributed by atoms with Crippen molar-refractivity contribution in [3.63, 3.8) is 0 Å². The molecule has 0 aliphatic heterocycles. The van der Waals surface area contributed by atoms with Crippen molar-refractivity contribution >= 4 is 11.8 Å². The number of carbonyl (C=O) groups excluding carboxylic acids is 2. The Labute approximate surface area is 196 Å². The van der Waals surface area contributed by atoms with Crippen LogP contribution in [0.25, 0.3) is 0 Å². The Kier molecular flexibility index (Phi) is 8.70. The van der Waals surface area contributed by atoms with Crippen LogP contribution in [0.5, 0.6) is 0 Å². The molecule has 0 radical (unpaired) electrons. The topological polar surface area (TPSA) is 58.7 Å². The first kappa shape index (κ1) is 24.1. The summed E-state index contributed by atoms with van der Waals surface area (Å²) in [6, 6.07) is 15.3. The highest BCUT2D eigenvalue weighted by Gasteiger charge is 2.23. The van der Waals surface area contributed by atoms with Crippen molar-refractivity contribution in [1.82, 2.24) is 14.4 Å². The van der Waals surface area contributed by atoms with E-state index in [0.717, 1.165) is 25.0 Å². The van der Waals surface area contributed by atoms with Gasteiger partial charge in [0.1, 0.15) is 12.3 Å². The summed E-state index contributed by atoms with van der Waals surface area (Å²) in [5.41, 5.74) is 2.79. The van der Waals surface area contributed by atoms with E-state index in [0.29, 0.717) is 31.0 Å². The summed E-state index contributed by atoms with van der Waals surface area (Å²) in [4.78, 5) is 29.8. The van der Waals surface area contributed by atoms with Gasteiger partial charge < -0.3 is 18.8 Å². The maximum absolute atomic E-state index is 13.3. The molecule has 3 aromatic rings. The third-order valence-electron chi connectivity index (χ3n) is 5.67. The van der Waals surface area contributed by atoms with Crippen LogP contribution in [0.3, 0.4) is 0 Å². The van der Waals surface area contributed by atoms with Crippen LogP contribution in [0, 0.1) is 0 Å². The van der Waals surface area contributed by atoms with Gasteiger partial charge >= 0.3 is 0 Å². The van der Waals surface area contributed by atoms with Crippen molar-refractivity contribution in [2.75, 3.05) is 13.1 Å². The van der Waals surface area contributed by atoms with E-state index in [-0.39, 0.29) is 18.4 Å². The molecule has 0 bridgehead atoms. The molecule has 2 amide bonds. The van der Waals surface area contributed by atoms with Gasteiger partial charge in [-0.2, -0.15) is 0 Å². The van der Waals surface area contributed by atoms with E-state index in [4.69, 9.17) is 4.42 Å². The Balaban J connectivity index is 1.74. The molecule has 0 N–H and O–H groups in total. The van der Waals surface area contributed by atoms with Crippen molar-refractivity contribution in [2.45, 2.75) is 39.3 Å². The van der Waals surface area contributed by atoms with Crippen LogP contribution >= 0.6 is 0 Å². The van der Waals surface area contributed by atoms with Crippen LogP contribution in [0.15, 0.2) is 78.1 Å². The maximum atomic E-state index is 13.3. The van der Waals surface area contributed by atoms with E-state index in [1.807, 2.05) is 60.3 Å². The lowest BCUT2D eigenvalue weighted by Gasteiger charge is -2.27. The molecule has 0 saturated carbocycles. The first-order valence-corrected chi connectivity index (χ1v) is 11.4. The number of amides is 2. The maximum Gasteiger partial charge on any atom is 0.254 e. The lowest BCUT2D eigenvalue weighted by molar-refractivity contribution is -0.133. The number of carbonyl (C=O) groups is 2. The number of rotatable bonds is 12. The van der Waals surface area contributed by atoms with Gasteiger partial charge in [0.2, 0.25) is 5.91 Å². The number of nitrogens with zero attached hydrogens (tertiary/aromatic N) is 3. The average molecular weight is 448 g/mol. The summed E-state index contributed by atoms with van der Waals surface area (Å²) in [6.45, 7) is 6.95. The van der Waals surface area contributed by atoms with Gasteiger partial charge in [0.25, 0.3) is 5.91 Å². The highest BCUT2D eigenvalue weighted by Crippen LogP contribution is 2.14. The van der Waals surface area contributed by atoms with E-state index in [1.165, 1.54) is 10.5 Å². The summed E-state index contributed by atoms with van der Waals surface area (Å²) in [5.74, 6) is 0.367. The zero-order valence-corrected chi connectivity index (χ0v) is 19.6. The predicted octanol–water partition coefficient (Wildman–Crippen LogP) is 4.82. The summed E-state index contributed by atoms with van der Waals surface area (Å²) in [7, 11) is 1.95. The molecule has 0 unspecified atom stereocenters. The molecular weight excluding hydrogens is 414 g/mol. The number of hydrogen-bond acceptors (Lipinski definition) is 3. The van der Waals surface area contributed by atoms with Crippen LogP contribution in [0.2, 0.25) is 0 Å². The average Bonchev–Trinajstić information content (AvgIpc) is 3.48. The van der Waals surface area contributed by atoms with Gasteiger partial charge in [-0.15, -0.1) is 6.58 Å². The Morgan fingerprint density at radius 2 is 1.85 bits per heavy atom. The second kappa shape index (κ2) is 11.9. The molecule has 0 fully saturated rings. The minimum atomic E-state index is -0.179. The number of benzene rings is 1. The minimum absolute atomic E-state index is 0.0342. The zero-order chi connectivity index (χ0) is 23.6. The van der Waals surface area contributed by atoms with E-state index < -0.39 is 0 Å². The first-order chi connectivity index (χ1) is 16.0. The fraction of sp³-hybridized carbons (Fsp3) is 0.333. The summed E-state index contributed by atoms with van der Waals surface area (Å²) in [6.07, 6.45) is 8.45. The normalized spacial score (nSPS) is 10.7. The molecule has 0 spiro atoms. The van der Waals surface area contributed by atoms with Gasteiger partial charge in [-0.1, -0.05) is 31.6 Å². The highest BCUT2D eigenvalue weighted by atomic mass is 16.3. The molecule has 6 nitrogen and oxygen atoms in total. The third kappa shape index (κ3) is 6.72. The Morgan fingerprint density at radius 1 is 1.06 bits per heavy atom. The van der Waals surface area contributed by atoms with Crippen molar-refractivity contribution in [3.8, 4) is 0 Å². The standard InChI is InChI=1S/C27H33N3O3/c1-4-6-9-22-12-14-23(15-13-22)27(32)29(16-5-2)21-26(31)30(20-25-11-8-18-33-25)19-24-10-7-17-28(24)3/h5,7-8,10-15,17-18H,2,4,6,9,16,19-21H2,1,3H3. The largest absolute Gasteiger partial charge is 0.467 e. The van der Waals surface area contributed by atoms with Crippen LogP contribution < -0.4 is 0 Å². The summed E-state index contributed by atoms with van der Waals surface area (Å²) in [5, 5.41) is 0. The van der Waals surface area contributed by atoms with E-state index in [9.17, 15) is 9.59 Å². The van der Waals surface area contributed by atoms with Crippen LogP contribution in [-0.2, 0) is 31.4 Å². The zero-order valence-electron chi connectivity index (χ0n) is 19.6.